The molecule has 8 heteroatoms. The van der Waals surface area contributed by atoms with Crippen molar-refractivity contribution >= 4 is 35.2 Å². The second-order valence-electron chi connectivity index (χ2n) is 4.34. The van der Waals surface area contributed by atoms with Crippen LogP contribution in [0, 0.1) is 0 Å². The summed E-state index contributed by atoms with van der Waals surface area (Å²) >= 11 is 0. The van der Waals surface area contributed by atoms with Gasteiger partial charge in [-0.3, -0.25) is 4.55 Å². The predicted octanol–water partition coefficient (Wildman–Crippen LogP) is 2.42. The lowest BCUT2D eigenvalue weighted by Gasteiger charge is -2.18. The van der Waals surface area contributed by atoms with Crippen LogP contribution in [0.15, 0.2) is 42.5 Å². The van der Waals surface area contributed by atoms with Crippen LogP contribution in [-0.2, 0) is 14.7 Å². The van der Waals surface area contributed by atoms with Gasteiger partial charge in [0.2, 0.25) is 0 Å². The Bertz CT molecular complexity index is 818. The fourth-order valence-electron chi connectivity index (χ4n) is 2.33. The van der Waals surface area contributed by atoms with Crippen LogP contribution in [0.25, 0.3) is 16.8 Å². The molecule has 0 aliphatic heterocycles. The Morgan fingerprint density at radius 2 is 1.62 bits per heavy atom. The quantitative estimate of drug-likeness (QED) is 0.548. The summed E-state index contributed by atoms with van der Waals surface area (Å²) < 4.78 is 40.6. The predicted molar refractivity (Wildman–Crippen MR) is 79.3 cm³/mol. The smallest absolute Gasteiger partial charge is 0.285 e. The molecule has 21 heavy (non-hydrogen) atoms. The van der Waals surface area contributed by atoms with Gasteiger partial charge in [-0.2, -0.15) is 8.42 Å². The summed E-state index contributed by atoms with van der Waals surface area (Å²) in [5.74, 6) is 0. The van der Waals surface area contributed by atoms with Gasteiger partial charge in [-0.15, -0.1) is 9.79 Å². The van der Waals surface area contributed by atoms with Crippen LogP contribution < -0.4 is 0 Å². The van der Waals surface area contributed by atoms with E-state index in [0.29, 0.717) is 5.56 Å². The molecule has 1 atom stereocenters. The Morgan fingerprint density at radius 3 is 2.19 bits per heavy atom. The van der Waals surface area contributed by atoms with E-state index in [-0.39, 0.29) is 0 Å². The van der Waals surface area contributed by atoms with Crippen molar-refractivity contribution in [3.63, 3.8) is 0 Å². The summed E-state index contributed by atoms with van der Waals surface area (Å²) in [6.45, 7) is 0. The van der Waals surface area contributed by atoms with Gasteiger partial charge < -0.3 is 0 Å². The van der Waals surface area contributed by atoms with Gasteiger partial charge in [0.25, 0.3) is 10.1 Å². The van der Waals surface area contributed by atoms with Gasteiger partial charge in [-0.1, -0.05) is 48.6 Å². The first-order chi connectivity index (χ1) is 9.80. The highest BCUT2D eigenvalue weighted by molar-refractivity contribution is 7.86. The fraction of sp³-hybridized carbons (Fsp3) is 0.0769. The van der Waals surface area contributed by atoms with Crippen molar-refractivity contribution in [2.24, 2.45) is 0 Å². The first-order valence-corrected chi connectivity index (χ1v) is 8.48. The summed E-state index contributed by atoms with van der Waals surface area (Å²) in [6.07, 6.45) is 3.26. The molecule has 0 saturated carbocycles. The molecule has 0 radical (unpaired) electrons. The summed E-state index contributed by atoms with van der Waals surface area (Å²) in [4.78, 5) is 14.2. The van der Waals surface area contributed by atoms with Gasteiger partial charge in [0.05, 0.1) is 0 Å². The van der Waals surface area contributed by atoms with Crippen molar-refractivity contribution in [1.82, 2.24) is 0 Å². The largest absolute Gasteiger partial charge is 0.692 e. The molecule has 0 amide bonds. The molecule has 0 heterocycles. The molecule has 2 aromatic carbocycles. The molecule has 0 fully saturated rings. The summed E-state index contributed by atoms with van der Waals surface area (Å²) in [6, 6.07) is 11.3. The van der Waals surface area contributed by atoms with Gasteiger partial charge in [0, 0.05) is 4.57 Å². The van der Waals surface area contributed by atoms with Crippen molar-refractivity contribution in [3.8, 4) is 0 Å². The molecule has 2 aromatic rings. The van der Waals surface area contributed by atoms with Gasteiger partial charge in [0.15, 0.2) is 0 Å². The van der Waals surface area contributed by atoms with E-state index < -0.39 is 23.6 Å². The second kappa shape index (κ2) is 6.01. The lowest BCUT2D eigenvalue weighted by molar-refractivity contribution is 0.405. The third-order valence-electron chi connectivity index (χ3n) is 3.05. The van der Waals surface area contributed by atoms with Crippen LogP contribution in [0.2, 0.25) is 0 Å². The van der Waals surface area contributed by atoms with E-state index in [1.807, 2.05) is 24.3 Å². The molecular formula is C13H12O6PS+. The number of hydrogen-bond acceptors (Lipinski definition) is 3. The third-order valence-corrected chi connectivity index (χ3v) is 4.10. The Labute approximate surface area is 122 Å². The lowest BCUT2D eigenvalue weighted by atomic mass is 9.93. The minimum Gasteiger partial charge on any atom is -0.285 e. The molecule has 1 aliphatic carbocycles. The number of benzene rings is 2. The molecule has 1 aliphatic rings. The van der Waals surface area contributed by atoms with Gasteiger partial charge >= 0.3 is 8.25 Å². The van der Waals surface area contributed by atoms with Crippen molar-refractivity contribution in [3.05, 3.63) is 53.6 Å². The van der Waals surface area contributed by atoms with Crippen molar-refractivity contribution in [2.45, 2.75) is 5.25 Å². The molecule has 3 N–H and O–H groups in total. The topological polar surface area (TPSA) is 112 Å². The van der Waals surface area contributed by atoms with E-state index in [0.717, 1.165) is 16.3 Å². The van der Waals surface area contributed by atoms with Crippen molar-refractivity contribution in [1.29, 1.82) is 0 Å². The van der Waals surface area contributed by atoms with Crippen molar-refractivity contribution in [2.75, 3.05) is 0 Å². The van der Waals surface area contributed by atoms with Crippen molar-refractivity contribution < 1.29 is 27.3 Å². The van der Waals surface area contributed by atoms with Crippen LogP contribution in [-0.4, -0.2) is 22.8 Å². The molecule has 0 spiro atoms. The highest BCUT2D eigenvalue weighted by Gasteiger charge is 2.27. The second-order valence-corrected chi connectivity index (χ2v) is 6.38. The summed E-state index contributed by atoms with van der Waals surface area (Å²) in [7, 11) is -6.97. The fourth-order valence-corrected chi connectivity index (χ4v) is 3.12. The molecule has 0 saturated heterocycles. The highest BCUT2D eigenvalue weighted by Crippen LogP contribution is 2.36. The van der Waals surface area contributed by atoms with Crippen LogP contribution in [0.5, 0.6) is 0 Å². The van der Waals surface area contributed by atoms with E-state index in [2.05, 4.69) is 0 Å². The zero-order valence-corrected chi connectivity index (χ0v) is 12.3. The van der Waals surface area contributed by atoms with Gasteiger partial charge in [-0.25, -0.2) is 0 Å². The molecule has 1 unspecified atom stereocenters. The third kappa shape index (κ3) is 3.53. The SMILES string of the molecule is O=S(=O)(O)C1C=Cc2cccc3cccc1c23.O=[P+](O)O. The molecule has 3 rings (SSSR count). The van der Waals surface area contributed by atoms with Crippen LogP contribution in [0.4, 0.5) is 0 Å². The molecule has 0 aromatic heterocycles. The standard InChI is InChI=1S/C13H10O3S.HO3P/c14-17(15,16)12-8-7-10-4-1-3-9-5-2-6-11(12)13(9)10;1-4(2)3/h1-8,12H,(H,14,15,16);(H-,1,2,3)/p+1. The normalized spacial score (nSPS) is 16.2. The molecule has 110 valence electrons. The zero-order chi connectivity index (χ0) is 15.6. The first-order valence-electron chi connectivity index (χ1n) is 5.82. The maximum atomic E-state index is 11.3. The maximum absolute atomic E-state index is 11.3. The Kier molecular flexibility index (Phi) is 4.51. The first kappa shape index (κ1) is 15.8. The average molecular weight is 327 g/mol. The average Bonchev–Trinajstić information content (AvgIpc) is 2.37. The number of rotatable bonds is 1. The van der Waals surface area contributed by atoms with Gasteiger partial charge in [0.1, 0.15) is 5.25 Å². The van der Waals surface area contributed by atoms with Crippen LogP contribution >= 0.6 is 8.25 Å². The van der Waals surface area contributed by atoms with E-state index in [1.165, 1.54) is 6.08 Å². The van der Waals surface area contributed by atoms with E-state index in [1.54, 1.807) is 18.2 Å². The van der Waals surface area contributed by atoms with Gasteiger partial charge in [-0.05, 0) is 21.9 Å². The van der Waals surface area contributed by atoms with E-state index in [9.17, 15) is 13.0 Å². The summed E-state index contributed by atoms with van der Waals surface area (Å²) in [5.41, 5.74) is 1.63. The highest BCUT2D eigenvalue weighted by atomic mass is 32.2. The Morgan fingerprint density at radius 1 is 1.05 bits per heavy atom. The van der Waals surface area contributed by atoms with Crippen LogP contribution in [0.3, 0.4) is 0 Å². The lowest BCUT2D eigenvalue weighted by Crippen LogP contribution is -2.12. The maximum Gasteiger partial charge on any atom is 0.692 e. The number of hydrogen-bond donors (Lipinski definition) is 3. The van der Waals surface area contributed by atoms with E-state index >= 15 is 0 Å². The van der Waals surface area contributed by atoms with Crippen LogP contribution in [0.1, 0.15) is 16.4 Å². The molecular weight excluding hydrogens is 315 g/mol. The summed E-state index contributed by atoms with van der Waals surface area (Å²) in [5, 5.41) is 0.930. The Balaban J connectivity index is 0.000000361. The Hall–Kier alpha value is -1.63. The molecule has 6 nitrogen and oxygen atoms in total. The minimum atomic E-state index is -4.10. The molecule has 0 bridgehead atoms. The van der Waals surface area contributed by atoms with E-state index in [4.69, 9.17) is 14.4 Å². The minimum absolute atomic E-state index is 0.642. The zero-order valence-electron chi connectivity index (χ0n) is 10.6. The monoisotopic (exact) mass is 327 g/mol.